The number of pyridine rings is 2. The van der Waals surface area contributed by atoms with E-state index in [1.807, 2.05) is 30.7 Å². The molecule has 1 amide bonds. The van der Waals surface area contributed by atoms with Gasteiger partial charge in [0.2, 0.25) is 5.91 Å². The van der Waals surface area contributed by atoms with Crippen LogP contribution in [0.15, 0.2) is 61.8 Å². The van der Waals surface area contributed by atoms with E-state index in [0.29, 0.717) is 65.6 Å². The van der Waals surface area contributed by atoms with Gasteiger partial charge in [0, 0.05) is 45.4 Å². The number of carbonyl (C=O) groups is 1. The smallest absolute Gasteiger partial charge is 0.246 e. The minimum absolute atomic E-state index is 0.0781. The Bertz CT molecular complexity index is 1810. The van der Waals surface area contributed by atoms with Gasteiger partial charge in [-0.3, -0.25) is 4.79 Å². The van der Waals surface area contributed by atoms with Crippen molar-refractivity contribution < 1.29 is 13.9 Å². The molecule has 12 heteroatoms. The summed E-state index contributed by atoms with van der Waals surface area (Å²) in [5, 5.41) is 3.08. The first kappa shape index (κ1) is 28.0. The second kappa shape index (κ2) is 12.0. The van der Waals surface area contributed by atoms with Crippen LogP contribution in [0.1, 0.15) is 24.8 Å². The zero-order valence-electron chi connectivity index (χ0n) is 24.1. The number of ether oxygens (including phenoxy) is 1. The standard InChI is InChI=1S/C28H26FN9O2.C3H6/c1-4-25(39)38-9-7-37(8-10-38)24-6-5-20-26(35-24)27(32-15-31-20)34-21-11-17(2)23(13-19(21)29)40-18-12-22-28(30-14-18)36(3)16-33-22;1-2-3-1/h4-6,11-16H,1,7-10H2,2-3H3,(H,31,32,34);1-3H2. The molecule has 0 radical (unpaired) electrons. The quantitative estimate of drug-likeness (QED) is 0.267. The lowest BCUT2D eigenvalue weighted by molar-refractivity contribution is -0.126. The van der Waals surface area contributed by atoms with E-state index in [4.69, 9.17) is 9.72 Å². The number of halogens is 1. The lowest BCUT2D eigenvalue weighted by atomic mass is 10.2. The van der Waals surface area contributed by atoms with Crippen LogP contribution in [0.5, 0.6) is 11.5 Å². The number of aryl methyl sites for hydroxylation is 2. The number of fused-ring (bicyclic) bond motifs is 2. The van der Waals surface area contributed by atoms with E-state index in [9.17, 15) is 4.79 Å². The third kappa shape index (κ3) is 6.22. The Labute approximate surface area is 248 Å². The first-order chi connectivity index (χ1) is 20.9. The average molecular weight is 582 g/mol. The average Bonchev–Trinajstić information content (AvgIpc) is 3.88. The highest BCUT2D eigenvalue weighted by atomic mass is 19.1. The third-order valence-electron chi connectivity index (χ3n) is 7.18. The van der Waals surface area contributed by atoms with Crippen LogP contribution in [0.25, 0.3) is 22.2 Å². The lowest BCUT2D eigenvalue weighted by Crippen LogP contribution is -2.48. The van der Waals surface area contributed by atoms with Gasteiger partial charge < -0.3 is 24.4 Å². The van der Waals surface area contributed by atoms with Gasteiger partial charge in [-0.1, -0.05) is 25.8 Å². The van der Waals surface area contributed by atoms with Crippen LogP contribution >= 0.6 is 0 Å². The summed E-state index contributed by atoms with van der Waals surface area (Å²) >= 11 is 0. The number of carbonyl (C=O) groups excluding carboxylic acids is 1. The summed E-state index contributed by atoms with van der Waals surface area (Å²) in [6, 6.07) is 8.49. The van der Waals surface area contributed by atoms with Crippen LogP contribution in [-0.4, -0.2) is 66.5 Å². The van der Waals surface area contributed by atoms with E-state index in [0.717, 1.165) is 11.5 Å². The van der Waals surface area contributed by atoms with Crippen LogP contribution in [0.4, 0.5) is 21.7 Å². The summed E-state index contributed by atoms with van der Waals surface area (Å²) in [7, 11) is 1.86. The molecule has 0 bridgehead atoms. The zero-order chi connectivity index (χ0) is 29.9. The predicted molar refractivity (Wildman–Crippen MR) is 163 cm³/mol. The molecular weight excluding hydrogens is 549 g/mol. The number of rotatable bonds is 6. The Kier molecular flexibility index (Phi) is 7.82. The summed E-state index contributed by atoms with van der Waals surface area (Å²) in [5.41, 5.74) is 3.49. The van der Waals surface area contributed by atoms with Crippen molar-refractivity contribution in [2.75, 3.05) is 36.4 Å². The molecule has 1 aromatic carbocycles. The SMILES string of the molecule is C1CC1.C=CC(=O)N1CCN(c2ccc3ncnc(Nc4cc(C)c(Oc5cnc6c(c5)ncn6C)cc4F)c3n2)CC1. The fraction of sp³-hybridized carbons (Fsp3) is 0.290. The van der Waals surface area contributed by atoms with E-state index in [-0.39, 0.29) is 11.6 Å². The maximum atomic E-state index is 15.3. The summed E-state index contributed by atoms with van der Waals surface area (Å²) in [6.45, 7) is 7.80. The number of benzene rings is 1. The minimum atomic E-state index is -0.515. The topological polar surface area (TPSA) is 114 Å². The van der Waals surface area contributed by atoms with Crippen LogP contribution in [-0.2, 0) is 11.8 Å². The fourth-order valence-corrected chi connectivity index (χ4v) is 4.66. The number of hydrogen-bond donors (Lipinski definition) is 1. The van der Waals surface area contributed by atoms with Crippen molar-refractivity contribution in [3.8, 4) is 11.5 Å². The predicted octanol–water partition coefficient (Wildman–Crippen LogP) is 5.29. The van der Waals surface area contributed by atoms with Crippen LogP contribution in [0.3, 0.4) is 0 Å². The van der Waals surface area contributed by atoms with Gasteiger partial charge in [0.15, 0.2) is 11.5 Å². The highest BCUT2D eigenvalue weighted by Gasteiger charge is 2.21. The van der Waals surface area contributed by atoms with Crippen LogP contribution in [0.2, 0.25) is 0 Å². The number of nitrogens with one attached hydrogen (secondary N) is 1. The summed E-state index contributed by atoms with van der Waals surface area (Å²) in [6.07, 6.45) is 10.5. The molecule has 1 aliphatic carbocycles. The summed E-state index contributed by atoms with van der Waals surface area (Å²) < 4.78 is 23.0. The fourth-order valence-electron chi connectivity index (χ4n) is 4.66. The maximum absolute atomic E-state index is 15.3. The van der Waals surface area contributed by atoms with Gasteiger partial charge >= 0.3 is 0 Å². The monoisotopic (exact) mass is 581 g/mol. The number of nitrogens with zero attached hydrogens (tertiary/aromatic N) is 8. The minimum Gasteiger partial charge on any atom is -0.455 e. The second-order valence-corrected chi connectivity index (χ2v) is 10.5. The molecule has 5 aromatic rings. The molecule has 5 heterocycles. The molecule has 43 heavy (non-hydrogen) atoms. The van der Waals surface area contributed by atoms with Gasteiger partial charge in [-0.2, -0.15) is 0 Å². The van der Waals surface area contributed by atoms with Gasteiger partial charge in [-0.05, 0) is 36.8 Å². The summed E-state index contributed by atoms with van der Waals surface area (Å²) in [5.74, 6) is 1.34. The number of anilines is 3. The molecular formula is C31H32FN9O2. The van der Waals surface area contributed by atoms with Gasteiger partial charge in [-0.15, -0.1) is 0 Å². The van der Waals surface area contributed by atoms with Gasteiger partial charge in [-0.25, -0.2) is 29.3 Å². The number of imidazole rings is 1. The molecule has 11 nitrogen and oxygen atoms in total. The van der Waals surface area contributed by atoms with E-state index in [2.05, 4.69) is 36.7 Å². The lowest BCUT2D eigenvalue weighted by Gasteiger charge is -2.35. The third-order valence-corrected chi connectivity index (χ3v) is 7.18. The van der Waals surface area contributed by atoms with Gasteiger partial charge in [0.05, 0.1) is 23.7 Å². The van der Waals surface area contributed by atoms with Gasteiger partial charge in [0.25, 0.3) is 0 Å². The largest absolute Gasteiger partial charge is 0.455 e. The van der Waals surface area contributed by atoms with E-state index >= 15 is 4.39 Å². The normalized spacial score (nSPS) is 14.3. The molecule has 7 rings (SSSR count). The molecule has 0 unspecified atom stereocenters. The molecule has 1 aliphatic heterocycles. The molecule has 220 valence electrons. The number of aromatic nitrogens is 6. The van der Waals surface area contributed by atoms with E-state index < -0.39 is 5.82 Å². The Balaban J connectivity index is 0.00000103. The van der Waals surface area contributed by atoms with Crippen LogP contribution in [0, 0.1) is 12.7 Å². The van der Waals surface area contributed by atoms with E-state index in [1.54, 1.807) is 29.6 Å². The molecule has 1 N–H and O–H groups in total. The molecule has 0 atom stereocenters. The highest BCUT2D eigenvalue weighted by Crippen LogP contribution is 2.33. The molecule has 1 saturated heterocycles. The number of amides is 1. The Morgan fingerprint density at radius 3 is 2.56 bits per heavy atom. The number of piperazine rings is 1. The molecule has 2 aliphatic rings. The van der Waals surface area contributed by atoms with Crippen molar-refractivity contribution in [2.45, 2.75) is 26.2 Å². The van der Waals surface area contributed by atoms with Crippen molar-refractivity contribution >= 4 is 45.4 Å². The molecule has 1 saturated carbocycles. The Morgan fingerprint density at radius 2 is 1.81 bits per heavy atom. The Morgan fingerprint density at radius 1 is 1.02 bits per heavy atom. The first-order valence-electron chi connectivity index (χ1n) is 14.2. The molecule has 4 aromatic heterocycles. The van der Waals surface area contributed by atoms with Crippen LogP contribution < -0.4 is 15.0 Å². The second-order valence-electron chi connectivity index (χ2n) is 10.5. The van der Waals surface area contributed by atoms with Crippen molar-refractivity contribution in [1.82, 2.24) is 34.4 Å². The van der Waals surface area contributed by atoms with E-state index in [1.165, 1.54) is 37.7 Å². The highest BCUT2D eigenvalue weighted by molar-refractivity contribution is 5.89. The molecule has 2 fully saturated rings. The maximum Gasteiger partial charge on any atom is 0.246 e. The number of hydrogen-bond acceptors (Lipinski definition) is 9. The summed E-state index contributed by atoms with van der Waals surface area (Å²) in [4.78, 5) is 37.9. The zero-order valence-corrected chi connectivity index (χ0v) is 24.1. The van der Waals surface area contributed by atoms with Crippen molar-refractivity contribution in [2.24, 2.45) is 7.05 Å². The Hall–Kier alpha value is -5.13. The van der Waals surface area contributed by atoms with Crippen molar-refractivity contribution in [3.05, 3.63) is 73.2 Å². The molecule has 0 spiro atoms. The van der Waals surface area contributed by atoms with Crippen molar-refractivity contribution in [1.29, 1.82) is 0 Å². The first-order valence-corrected chi connectivity index (χ1v) is 14.2. The van der Waals surface area contributed by atoms with Crippen molar-refractivity contribution in [3.63, 3.8) is 0 Å². The van der Waals surface area contributed by atoms with Gasteiger partial charge in [0.1, 0.15) is 40.5 Å².